The Morgan fingerprint density at radius 1 is 1.03 bits per heavy atom. The monoisotopic (exact) mass is 470 g/mol. The van der Waals surface area contributed by atoms with Crippen LogP contribution in [0.4, 0.5) is 0 Å². The molecule has 6 heteroatoms. The van der Waals surface area contributed by atoms with Gasteiger partial charge in [0.2, 0.25) is 0 Å². The molecule has 5 nitrogen and oxygen atoms in total. The van der Waals surface area contributed by atoms with Gasteiger partial charge in [0, 0.05) is 5.39 Å². The molecule has 0 fully saturated rings. The van der Waals surface area contributed by atoms with Gasteiger partial charge in [0.15, 0.2) is 0 Å². The molecule has 0 aliphatic rings. The topological polar surface area (TPSA) is 64.4 Å². The molecule has 0 saturated carbocycles. The van der Waals surface area contributed by atoms with Crippen molar-refractivity contribution in [2.45, 2.75) is 32.7 Å². The average molecular weight is 471 g/mol. The molecule has 34 heavy (non-hydrogen) atoms. The summed E-state index contributed by atoms with van der Waals surface area (Å²) in [5.41, 5.74) is 2.68. The van der Waals surface area contributed by atoms with E-state index in [2.05, 4.69) is 6.92 Å². The number of thiophene rings is 1. The highest BCUT2D eigenvalue weighted by Crippen LogP contribution is 2.39. The van der Waals surface area contributed by atoms with Gasteiger partial charge in [0.1, 0.15) is 22.2 Å². The second-order valence-corrected chi connectivity index (χ2v) is 9.39. The molecule has 0 spiro atoms. The van der Waals surface area contributed by atoms with Crippen molar-refractivity contribution in [1.29, 1.82) is 0 Å². The molecule has 2 heterocycles. The van der Waals surface area contributed by atoms with E-state index < -0.39 is 0 Å². The van der Waals surface area contributed by atoms with Gasteiger partial charge in [-0.25, -0.2) is 4.98 Å². The molecule has 172 valence electrons. The van der Waals surface area contributed by atoms with Crippen molar-refractivity contribution in [3.63, 3.8) is 0 Å². The van der Waals surface area contributed by atoms with E-state index in [1.807, 2.05) is 66.7 Å². The smallest absolute Gasteiger partial charge is 0.263 e. The molecule has 0 radical (unpaired) electrons. The maximum atomic E-state index is 14.0. The number of ether oxygens (including phenoxy) is 1. The fourth-order valence-corrected chi connectivity index (χ4v) is 5.43. The number of aromatic nitrogens is 2. The summed E-state index contributed by atoms with van der Waals surface area (Å²) < 4.78 is 8.01. The summed E-state index contributed by atoms with van der Waals surface area (Å²) in [5.74, 6) is 1.41. The van der Waals surface area contributed by atoms with Gasteiger partial charge in [-0.05, 0) is 48.2 Å². The van der Waals surface area contributed by atoms with Gasteiger partial charge in [-0.1, -0.05) is 55.8 Å². The van der Waals surface area contributed by atoms with Crippen LogP contribution in [0.25, 0.3) is 31.7 Å². The van der Waals surface area contributed by atoms with Gasteiger partial charge in [-0.3, -0.25) is 9.36 Å². The van der Waals surface area contributed by atoms with E-state index in [0.29, 0.717) is 33.0 Å². The molecule has 3 aromatic carbocycles. The summed E-state index contributed by atoms with van der Waals surface area (Å²) in [6.45, 7) is 2.53. The third-order valence-corrected chi connectivity index (χ3v) is 7.21. The summed E-state index contributed by atoms with van der Waals surface area (Å²) in [7, 11) is 1.62. The van der Waals surface area contributed by atoms with Crippen molar-refractivity contribution >= 4 is 31.6 Å². The van der Waals surface area contributed by atoms with Crippen LogP contribution < -0.4 is 10.3 Å². The minimum absolute atomic E-state index is 0.118. The number of methoxy groups -OCH3 is 1. The van der Waals surface area contributed by atoms with Gasteiger partial charge >= 0.3 is 0 Å². The van der Waals surface area contributed by atoms with E-state index in [4.69, 9.17) is 9.72 Å². The van der Waals surface area contributed by atoms with Gasteiger partial charge in [-0.2, -0.15) is 0 Å². The molecule has 0 unspecified atom stereocenters. The third-order valence-electron chi connectivity index (χ3n) is 6.08. The largest absolute Gasteiger partial charge is 0.506 e. The lowest BCUT2D eigenvalue weighted by Gasteiger charge is -2.15. The van der Waals surface area contributed by atoms with Crippen LogP contribution in [0.2, 0.25) is 0 Å². The minimum atomic E-state index is -0.118. The van der Waals surface area contributed by atoms with Crippen LogP contribution >= 0.6 is 11.3 Å². The number of fused-ring (bicyclic) bond motifs is 3. The number of nitrogens with zero attached hydrogens (tertiary/aromatic N) is 2. The van der Waals surface area contributed by atoms with E-state index in [-0.39, 0.29) is 11.3 Å². The van der Waals surface area contributed by atoms with Crippen molar-refractivity contribution in [3.05, 3.63) is 88.2 Å². The second kappa shape index (κ2) is 9.31. The molecule has 5 rings (SSSR count). The van der Waals surface area contributed by atoms with Crippen LogP contribution in [0, 0.1) is 0 Å². The van der Waals surface area contributed by atoms with Crippen molar-refractivity contribution in [2.24, 2.45) is 0 Å². The lowest BCUT2D eigenvalue weighted by atomic mass is 10.0. The summed E-state index contributed by atoms with van der Waals surface area (Å²) in [6.07, 6.45) is 2.96. The van der Waals surface area contributed by atoms with E-state index >= 15 is 0 Å². The number of phenolic OH excluding ortho intramolecular Hbond substituents is 1. The Bertz CT molecular complexity index is 1540. The Kier molecular flexibility index (Phi) is 6.07. The van der Waals surface area contributed by atoms with E-state index in [1.54, 1.807) is 11.7 Å². The zero-order valence-electron chi connectivity index (χ0n) is 19.2. The second-order valence-electron chi connectivity index (χ2n) is 8.39. The van der Waals surface area contributed by atoms with Crippen molar-refractivity contribution < 1.29 is 9.84 Å². The fraction of sp³-hybridized carbons (Fsp3) is 0.214. The van der Waals surface area contributed by atoms with Gasteiger partial charge < -0.3 is 9.84 Å². The molecule has 0 saturated heterocycles. The molecule has 1 N–H and O–H groups in total. The quantitative estimate of drug-likeness (QED) is 0.300. The number of unbranched alkanes of at least 4 members (excludes halogenated alkanes) is 1. The summed E-state index contributed by atoms with van der Waals surface area (Å²) >= 11 is 1.36. The molecule has 0 atom stereocenters. The van der Waals surface area contributed by atoms with Crippen LogP contribution in [0.3, 0.4) is 0 Å². The van der Waals surface area contributed by atoms with E-state index in [9.17, 15) is 9.90 Å². The lowest BCUT2D eigenvalue weighted by Crippen LogP contribution is -2.23. The zero-order chi connectivity index (χ0) is 23.7. The standard InChI is InChI=1S/C28H26N2O3S/c1-3-4-10-19-15-21-24-27(34-25(21)22(31)16-19)29-26(20-13-8-9-14-23(20)33-2)30(28(24)32)17-18-11-6-5-7-12-18/h5-9,11-16,31H,3-4,10,17H2,1-2H3. The van der Waals surface area contributed by atoms with Crippen LogP contribution in [0.15, 0.2) is 71.5 Å². The van der Waals surface area contributed by atoms with Crippen molar-refractivity contribution in [2.75, 3.05) is 7.11 Å². The van der Waals surface area contributed by atoms with Crippen LogP contribution in [-0.4, -0.2) is 21.8 Å². The molecule has 0 aliphatic carbocycles. The molecular formula is C28H26N2O3S. The van der Waals surface area contributed by atoms with Crippen LogP contribution in [0.1, 0.15) is 30.9 Å². The Morgan fingerprint density at radius 2 is 1.79 bits per heavy atom. The normalized spacial score (nSPS) is 11.4. The summed E-state index contributed by atoms with van der Waals surface area (Å²) in [4.78, 5) is 19.6. The predicted molar refractivity (Wildman–Crippen MR) is 139 cm³/mol. The van der Waals surface area contributed by atoms with E-state index in [1.165, 1.54) is 11.3 Å². The third kappa shape index (κ3) is 3.94. The number of phenols is 1. The average Bonchev–Trinajstić information content (AvgIpc) is 3.24. The number of benzene rings is 3. The Balaban J connectivity index is 1.82. The van der Waals surface area contributed by atoms with Crippen LogP contribution in [0.5, 0.6) is 11.5 Å². The van der Waals surface area contributed by atoms with E-state index in [0.717, 1.165) is 41.3 Å². The maximum Gasteiger partial charge on any atom is 0.263 e. The number of hydrogen-bond acceptors (Lipinski definition) is 5. The van der Waals surface area contributed by atoms with Gasteiger partial charge in [-0.15, -0.1) is 11.3 Å². The van der Waals surface area contributed by atoms with Gasteiger partial charge in [0.25, 0.3) is 5.56 Å². The Labute approximate surface area is 201 Å². The highest BCUT2D eigenvalue weighted by Gasteiger charge is 2.21. The zero-order valence-corrected chi connectivity index (χ0v) is 20.1. The molecule has 0 aliphatic heterocycles. The van der Waals surface area contributed by atoms with Gasteiger partial charge in [0.05, 0.1) is 29.3 Å². The fourth-order valence-electron chi connectivity index (χ4n) is 4.37. The first-order valence-electron chi connectivity index (χ1n) is 11.5. The highest BCUT2D eigenvalue weighted by molar-refractivity contribution is 7.25. The summed E-state index contributed by atoms with van der Waals surface area (Å²) in [6, 6.07) is 21.4. The molecular weight excluding hydrogens is 444 g/mol. The SMILES string of the molecule is CCCCc1cc(O)c2sc3nc(-c4ccccc4OC)n(Cc4ccccc4)c(=O)c3c2c1. The minimum Gasteiger partial charge on any atom is -0.506 e. The Morgan fingerprint density at radius 3 is 2.56 bits per heavy atom. The lowest BCUT2D eigenvalue weighted by molar-refractivity contribution is 0.416. The summed E-state index contributed by atoms with van der Waals surface area (Å²) in [5, 5.41) is 12.1. The Hall–Kier alpha value is -3.64. The molecule has 0 bridgehead atoms. The van der Waals surface area contributed by atoms with Crippen molar-refractivity contribution in [3.8, 4) is 22.9 Å². The predicted octanol–water partition coefficient (Wildman–Crippen LogP) is 6.38. The maximum absolute atomic E-state index is 14.0. The first kappa shape index (κ1) is 22.2. The first-order valence-corrected chi connectivity index (χ1v) is 12.3. The number of rotatable bonds is 7. The van der Waals surface area contributed by atoms with Crippen molar-refractivity contribution in [1.82, 2.24) is 9.55 Å². The molecule has 2 aromatic heterocycles. The first-order chi connectivity index (χ1) is 16.6. The number of aromatic hydroxyl groups is 1. The number of para-hydroxylation sites is 1. The molecule has 5 aromatic rings. The molecule has 0 amide bonds. The number of hydrogen-bond donors (Lipinski definition) is 1. The van der Waals surface area contributed by atoms with Crippen LogP contribution in [-0.2, 0) is 13.0 Å². The highest BCUT2D eigenvalue weighted by atomic mass is 32.1. The number of aryl methyl sites for hydroxylation is 1.